The van der Waals surface area contributed by atoms with Crippen LogP contribution < -0.4 is 5.73 Å². The third-order valence-corrected chi connectivity index (χ3v) is 2.67. The number of hydrogen-bond donors (Lipinski definition) is 2. The van der Waals surface area contributed by atoms with E-state index in [-0.39, 0.29) is 25.8 Å². The third-order valence-electron chi connectivity index (χ3n) is 2.67. The number of primary amides is 1. The molecule has 122 valence electrons. The van der Waals surface area contributed by atoms with Crippen LogP contribution in [0.4, 0.5) is 4.79 Å². The number of carboxylic acid groups (broad SMARTS) is 1. The molecule has 3 N–H and O–H groups in total. The number of nitrogens with zero attached hydrogens (tertiary/aromatic N) is 2. The molecule has 1 unspecified atom stereocenters. The van der Waals surface area contributed by atoms with Gasteiger partial charge in [-0.05, 0) is 6.92 Å². The molecule has 0 aromatic heterocycles. The Hall–Kier alpha value is -1.87. The van der Waals surface area contributed by atoms with E-state index >= 15 is 0 Å². The average molecular weight is 305 g/mol. The molecule has 0 spiro atoms. The second-order valence-corrected chi connectivity index (χ2v) is 4.49. The summed E-state index contributed by atoms with van der Waals surface area (Å²) < 4.78 is 9.93. The first kappa shape index (κ1) is 19.1. The summed E-state index contributed by atoms with van der Waals surface area (Å²) >= 11 is 0. The maximum Gasteiger partial charge on any atom is 0.323 e. The molecule has 1 atom stereocenters. The first-order chi connectivity index (χ1) is 9.83. The molecule has 0 aromatic carbocycles. The number of rotatable bonds is 10. The van der Waals surface area contributed by atoms with Crippen molar-refractivity contribution in [1.29, 1.82) is 0 Å². The molecule has 9 heteroatoms. The zero-order valence-corrected chi connectivity index (χ0v) is 12.6. The lowest BCUT2D eigenvalue weighted by Gasteiger charge is -2.33. The van der Waals surface area contributed by atoms with E-state index in [0.29, 0.717) is 0 Å². The van der Waals surface area contributed by atoms with Crippen molar-refractivity contribution >= 4 is 17.9 Å². The molecule has 0 aliphatic carbocycles. The number of nitrogens with two attached hydrogens (primary N) is 1. The van der Waals surface area contributed by atoms with E-state index in [9.17, 15) is 14.4 Å². The van der Waals surface area contributed by atoms with Crippen molar-refractivity contribution < 1.29 is 29.0 Å². The Morgan fingerprint density at radius 1 is 1.19 bits per heavy atom. The number of ether oxygens (including phenoxy) is 2. The van der Waals surface area contributed by atoms with Crippen LogP contribution in [0.3, 0.4) is 0 Å². The van der Waals surface area contributed by atoms with E-state index in [1.165, 1.54) is 19.1 Å². The molecular weight excluding hydrogens is 282 g/mol. The van der Waals surface area contributed by atoms with Gasteiger partial charge in [0.05, 0.1) is 19.3 Å². The maximum atomic E-state index is 12.4. The van der Waals surface area contributed by atoms with Crippen molar-refractivity contribution in [3.05, 3.63) is 0 Å². The highest BCUT2D eigenvalue weighted by atomic mass is 16.5. The van der Waals surface area contributed by atoms with Gasteiger partial charge in [0, 0.05) is 20.8 Å². The molecule has 0 radical (unpaired) electrons. The van der Waals surface area contributed by atoms with Gasteiger partial charge in [0.25, 0.3) is 0 Å². The molecule has 0 fully saturated rings. The Bertz CT molecular complexity index is 347. The van der Waals surface area contributed by atoms with Crippen LogP contribution in [0.5, 0.6) is 0 Å². The van der Waals surface area contributed by atoms with Crippen molar-refractivity contribution in [3.63, 3.8) is 0 Å². The van der Waals surface area contributed by atoms with Gasteiger partial charge in [-0.2, -0.15) is 0 Å². The number of carbonyl (C=O) groups is 3. The summed E-state index contributed by atoms with van der Waals surface area (Å²) in [5, 5.41) is 8.83. The van der Waals surface area contributed by atoms with Gasteiger partial charge in [-0.3, -0.25) is 9.59 Å². The molecule has 0 bridgehead atoms. The van der Waals surface area contributed by atoms with E-state index in [0.717, 1.165) is 4.90 Å². The lowest BCUT2D eigenvalue weighted by molar-refractivity contribution is -0.138. The summed E-state index contributed by atoms with van der Waals surface area (Å²) in [6, 6.07) is -0.903. The highest BCUT2D eigenvalue weighted by molar-refractivity contribution is 5.86. The van der Waals surface area contributed by atoms with Crippen LogP contribution in [-0.4, -0.2) is 85.9 Å². The fourth-order valence-electron chi connectivity index (χ4n) is 1.75. The SMILES string of the molecule is COCCN(C(=O)N(CC(N)=O)CC(=O)O)C(C)COC. The van der Waals surface area contributed by atoms with Gasteiger partial charge in [-0.25, -0.2) is 4.79 Å². The van der Waals surface area contributed by atoms with Gasteiger partial charge in [0.2, 0.25) is 5.91 Å². The smallest absolute Gasteiger partial charge is 0.323 e. The fourth-order valence-corrected chi connectivity index (χ4v) is 1.75. The highest BCUT2D eigenvalue weighted by Crippen LogP contribution is 2.06. The van der Waals surface area contributed by atoms with Gasteiger partial charge in [0.15, 0.2) is 0 Å². The molecule has 0 aliphatic heterocycles. The maximum absolute atomic E-state index is 12.4. The van der Waals surface area contributed by atoms with Gasteiger partial charge in [0.1, 0.15) is 13.1 Å². The van der Waals surface area contributed by atoms with E-state index in [2.05, 4.69) is 0 Å². The first-order valence-electron chi connectivity index (χ1n) is 6.37. The van der Waals surface area contributed by atoms with Crippen LogP contribution in [-0.2, 0) is 19.1 Å². The van der Waals surface area contributed by atoms with Crippen molar-refractivity contribution in [3.8, 4) is 0 Å². The normalized spacial score (nSPS) is 11.8. The minimum atomic E-state index is -1.23. The van der Waals surface area contributed by atoms with E-state index in [1.807, 2.05) is 0 Å². The lowest BCUT2D eigenvalue weighted by Crippen LogP contribution is -2.53. The Morgan fingerprint density at radius 2 is 1.81 bits per heavy atom. The molecule has 0 rings (SSSR count). The molecular formula is C12H23N3O6. The topological polar surface area (TPSA) is 122 Å². The second-order valence-electron chi connectivity index (χ2n) is 4.49. The van der Waals surface area contributed by atoms with Gasteiger partial charge < -0.3 is 30.1 Å². The van der Waals surface area contributed by atoms with Gasteiger partial charge in [-0.1, -0.05) is 0 Å². The Labute approximate surface area is 123 Å². The summed E-state index contributed by atoms with van der Waals surface area (Å²) in [7, 11) is 2.98. The lowest BCUT2D eigenvalue weighted by atomic mass is 10.3. The zero-order chi connectivity index (χ0) is 16.4. The van der Waals surface area contributed by atoms with Crippen LogP contribution in [0.1, 0.15) is 6.92 Å². The summed E-state index contributed by atoms with van der Waals surface area (Å²) in [5.74, 6) is -2.01. The number of urea groups is 1. The van der Waals surface area contributed by atoms with Crippen LogP contribution >= 0.6 is 0 Å². The molecule has 3 amide bonds. The Kier molecular flexibility index (Phi) is 9.06. The zero-order valence-electron chi connectivity index (χ0n) is 12.6. The van der Waals surface area contributed by atoms with Crippen LogP contribution in [0, 0.1) is 0 Å². The average Bonchev–Trinajstić information content (AvgIpc) is 2.37. The van der Waals surface area contributed by atoms with E-state index in [4.69, 9.17) is 20.3 Å². The third kappa shape index (κ3) is 7.47. The predicted octanol–water partition coefficient (Wildman–Crippen LogP) is -1.04. The Morgan fingerprint density at radius 3 is 2.24 bits per heavy atom. The largest absolute Gasteiger partial charge is 0.480 e. The molecule has 0 saturated carbocycles. The monoisotopic (exact) mass is 305 g/mol. The quantitative estimate of drug-likeness (QED) is 0.531. The minimum Gasteiger partial charge on any atom is -0.480 e. The summed E-state index contributed by atoms with van der Waals surface area (Å²) in [4.78, 5) is 36.5. The van der Waals surface area contributed by atoms with E-state index in [1.54, 1.807) is 6.92 Å². The van der Waals surface area contributed by atoms with Crippen molar-refractivity contribution in [2.24, 2.45) is 5.73 Å². The summed E-state index contributed by atoms with van der Waals surface area (Å²) in [5.41, 5.74) is 5.05. The van der Waals surface area contributed by atoms with Gasteiger partial charge in [-0.15, -0.1) is 0 Å². The molecule has 0 aromatic rings. The second kappa shape index (κ2) is 9.94. The first-order valence-corrected chi connectivity index (χ1v) is 6.37. The van der Waals surface area contributed by atoms with Crippen LogP contribution in [0.25, 0.3) is 0 Å². The molecule has 0 heterocycles. The van der Waals surface area contributed by atoms with Gasteiger partial charge >= 0.3 is 12.0 Å². The standard InChI is InChI=1S/C12H23N3O6/c1-9(8-21-3)15(4-5-20-2)12(19)14(6-10(13)16)7-11(17)18/h9H,4-8H2,1-3H3,(H2,13,16)(H,17,18). The summed E-state index contributed by atoms with van der Waals surface area (Å²) in [6.07, 6.45) is 0. The molecule has 9 nitrogen and oxygen atoms in total. The molecule has 0 aliphatic rings. The number of carboxylic acids is 1. The van der Waals surface area contributed by atoms with Crippen LogP contribution in [0.2, 0.25) is 0 Å². The minimum absolute atomic E-state index is 0.245. The fraction of sp³-hybridized carbons (Fsp3) is 0.750. The molecule has 21 heavy (non-hydrogen) atoms. The Balaban J connectivity index is 5.05. The van der Waals surface area contributed by atoms with Crippen molar-refractivity contribution in [2.75, 3.05) is 47.1 Å². The number of aliphatic carboxylic acids is 1. The van der Waals surface area contributed by atoms with Crippen molar-refractivity contribution in [2.45, 2.75) is 13.0 Å². The molecule has 0 saturated heterocycles. The number of carbonyl (C=O) groups excluding carboxylic acids is 2. The summed E-state index contributed by atoms with van der Waals surface area (Å²) in [6.45, 7) is 1.47. The number of hydrogen-bond acceptors (Lipinski definition) is 5. The van der Waals surface area contributed by atoms with Crippen molar-refractivity contribution in [1.82, 2.24) is 9.80 Å². The van der Waals surface area contributed by atoms with E-state index < -0.39 is 31.0 Å². The highest BCUT2D eigenvalue weighted by Gasteiger charge is 2.27. The number of methoxy groups -OCH3 is 2. The predicted molar refractivity (Wildman–Crippen MR) is 73.7 cm³/mol. The number of amides is 3. The van der Waals surface area contributed by atoms with Crippen LogP contribution in [0.15, 0.2) is 0 Å².